The van der Waals surface area contributed by atoms with Crippen LogP contribution in [-0.2, 0) is 0 Å². The van der Waals surface area contributed by atoms with E-state index in [2.05, 4.69) is 4.98 Å². The van der Waals surface area contributed by atoms with E-state index in [4.69, 9.17) is 0 Å². The van der Waals surface area contributed by atoms with Crippen LogP contribution in [0.15, 0.2) is 24.4 Å². The SMILES string of the molecule is Cc1nc2ccccn2c1C(=O)N(C)C1CCCCC1. The van der Waals surface area contributed by atoms with Gasteiger partial charge in [0.05, 0.1) is 5.69 Å². The summed E-state index contributed by atoms with van der Waals surface area (Å²) in [5, 5.41) is 0. The van der Waals surface area contributed by atoms with Gasteiger partial charge >= 0.3 is 0 Å². The van der Waals surface area contributed by atoms with E-state index in [0.29, 0.717) is 11.7 Å². The molecule has 0 bridgehead atoms. The summed E-state index contributed by atoms with van der Waals surface area (Å²) in [5.74, 6) is 0.0908. The molecule has 2 aromatic heterocycles. The van der Waals surface area contributed by atoms with Crippen molar-refractivity contribution in [3.63, 3.8) is 0 Å². The van der Waals surface area contributed by atoms with Gasteiger partial charge in [-0.05, 0) is 31.9 Å². The molecule has 1 amide bonds. The van der Waals surface area contributed by atoms with E-state index in [9.17, 15) is 4.79 Å². The first-order valence-electron chi connectivity index (χ1n) is 7.39. The first kappa shape index (κ1) is 13.2. The minimum Gasteiger partial charge on any atom is -0.337 e. The van der Waals surface area contributed by atoms with Crippen molar-refractivity contribution in [1.29, 1.82) is 0 Å². The molecule has 0 saturated heterocycles. The molecule has 1 aliphatic carbocycles. The lowest BCUT2D eigenvalue weighted by molar-refractivity contribution is 0.0688. The summed E-state index contributed by atoms with van der Waals surface area (Å²) in [4.78, 5) is 19.2. The molecule has 1 fully saturated rings. The molecule has 1 aliphatic rings. The molecule has 0 aliphatic heterocycles. The number of amides is 1. The van der Waals surface area contributed by atoms with E-state index in [1.54, 1.807) is 0 Å². The number of fused-ring (bicyclic) bond motifs is 1. The predicted octanol–water partition coefficient (Wildman–Crippen LogP) is 3.05. The van der Waals surface area contributed by atoms with E-state index in [-0.39, 0.29) is 5.91 Å². The number of carbonyl (C=O) groups excluding carboxylic acids is 1. The maximum atomic E-state index is 12.8. The van der Waals surface area contributed by atoms with Gasteiger partial charge in [-0.25, -0.2) is 4.98 Å². The van der Waals surface area contributed by atoms with E-state index in [1.807, 2.05) is 47.7 Å². The molecule has 4 nitrogen and oxygen atoms in total. The molecule has 106 valence electrons. The van der Waals surface area contributed by atoms with Gasteiger partial charge in [-0.15, -0.1) is 0 Å². The smallest absolute Gasteiger partial charge is 0.272 e. The van der Waals surface area contributed by atoms with Gasteiger partial charge in [-0.3, -0.25) is 9.20 Å². The molecule has 0 N–H and O–H groups in total. The van der Waals surface area contributed by atoms with E-state index < -0.39 is 0 Å². The highest BCUT2D eigenvalue weighted by Crippen LogP contribution is 2.23. The Bertz CT molecular complexity index is 626. The van der Waals surface area contributed by atoms with Crippen LogP contribution < -0.4 is 0 Å². The minimum absolute atomic E-state index is 0.0908. The van der Waals surface area contributed by atoms with Crippen LogP contribution in [0.4, 0.5) is 0 Å². The van der Waals surface area contributed by atoms with Crippen molar-refractivity contribution in [2.45, 2.75) is 45.1 Å². The molecule has 2 aromatic rings. The highest BCUT2D eigenvalue weighted by molar-refractivity contribution is 5.94. The minimum atomic E-state index is 0.0908. The van der Waals surface area contributed by atoms with Gasteiger partial charge < -0.3 is 4.90 Å². The van der Waals surface area contributed by atoms with Gasteiger partial charge in [0.15, 0.2) is 0 Å². The summed E-state index contributed by atoms with van der Waals surface area (Å²) in [6.07, 6.45) is 7.92. The number of rotatable bonds is 2. The van der Waals surface area contributed by atoms with Crippen LogP contribution in [0.25, 0.3) is 5.65 Å². The van der Waals surface area contributed by atoms with Crippen LogP contribution >= 0.6 is 0 Å². The van der Waals surface area contributed by atoms with Crippen molar-refractivity contribution in [2.24, 2.45) is 0 Å². The zero-order chi connectivity index (χ0) is 14.1. The fourth-order valence-electron chi connectivity index (χ4n) is 3.17. The van der Waals surface area contributed by atoms with Crippen molar-refractivity contribution < 1.29 is 4.79 Å². The van der Waals surface area contributed by atoms with E-state index >= 15 is 0 Å². The molecule has 1 saturated carbocycles. The fraction of sp³-hybridized carbons (Fsp3) is 0.500. The normalized spacial score (nSPS) is 16.5. The Balaban J connectivity index is 1.93. The van der Waals surface area contributed by atoms with E-state index in [1.165, 1.54) is 19.3 Å². The third-order valence-electron chi connectivity index (χ3n) is 4.35. The van der Waals surface area contributed by atoms with Gasteiger partial charge in [0, 0.05) is 19.3 Å². The summed E-state index contributed by atoms with van der Waals surface area (Å²) in [6, 6.07) is 6.20. The summed E-state index contributed by atoms with van der Waals surface area (Å²) >= 11 is 0. The average molecular weight is 271 g/mol. The lowest BCUT2D eigenvalue weighted by atomic mass is 9.94. The van der Waals surface area contributed by atoms with Gasteiger partial charge in [-0.1, -0.05) is 25.3 Å². The number of hydrogen-bond acceptors (Lipinski definition) is 2. The van der Waals surface area contributed by atoms with Gasteiger partial charge in [0.2, 0.25) is 0 Å². The van der Waals surface area contributed by atoms with Crippen molar-refractivity contribution in [3.8, 4) is 0 Å². The lowest BCUT2D eigenvalue weighted by Crippen LogP contribution is -2.39. The highest BCUT2D eigenvalue weighted by Gasteiger charge is 2.26. The number of aromatic nitrogens is 2. The summed E-state index contributed by atoms with van der Waals surface area (Å²) in [6.45, 7) is 1.91. The number of carbonyl (C=O) groups is 1. The van der Waals surface area contributed by atoms with Crippen molar-refractivity contribution in [1.82, 2.24) is 14.3 Å². The Labute approximate surface area is 119 Å². The first-order valence-corrected chi connectivity index (χ1v) is 7.39. The largest absolute Gasteiger partial charge is 0.337 e. The molecule has 0 unspecified atom stereocenters. The third kappa shape index (κ3) is 2.19. The topological polar surface area (TPSA) is 37.6 Å². The first-order chi connectivity index (χ1) is 9.68. The van der Waals surface area contributed by atoms with Gasteiger partial charge in [-0.2, -0.15) is 0 Å². The highest BCUT2D eigenvalue weighted by atomic mass is 16.2. The Kier molecular flexibility index (Phi) is 3.47. The van der Waals surface area contributed by atoms with Crippen molar-refractivity contribution in [2.75, 3.05) is 7.05 Å². The Morgan fingerprint density at radius 2 is 2.05 bits per heavy atom. The second-order valence-electron chi connectivity index (χ2n) is 5.68. The molecule has 0 radical (unpaired) electrons. The number of hydrogen-bond donors (Lipinski definition) is 0. The molecule has 0 aromatic carbocycles. The Morgan fingerprint density at radius 3 is 2.80 bits per heavy atom. The molecule has 0 spiro atoms. The Hall–Kier alpha value is -1.84. The van der Waals surface area contributed by atoms with Crippen LogP contribution in [0, 0.1) is 6.92 Å². The molecular formula is C16H21N3O. The maximum absolute atomic E-state index is 12.8. The van der Waals surface area contributed by atoms with Gasteiger partial charge in [0.25, 0.3) is 5.91 Å². The number of imidazole rings is 1. The zero-order valence-electron chi connectivity index (χ0n) is 12.2. The monoisotopic (exact) mass is 271 g/mol. The molecule has 2 heterocycles. The van der Waals surface area contributed by atoms with Crippen LogP contribution in [-0.4, -0.2) is 33.3 Å². The van der Waals surface area contributed by atoms with Crippen LogP contribution in [0.1, 0.15) is 48.3 Å². The molecule has 4 heteroatoms. The quantitative estimate of drug-likeness (QED) is 0.842. The fourth-order valence-corrected chi connectivity index (χ4v) is 3.17. The molecule has 0 atom stereocenters. The lowest BCUT2D eigenvalue weighted by Gasteiger charge is -2.31. The van der Waals surface area contributed by atoms with Crippen LogP contribution in [0.5, 0.6) is 0 Å². The van der Waals surface area contributed by atoms with Crippen LogP contribution in [0.3, 0.4) is 0 Å². The van der Waals surface area contributed by atoms with E-state index in [0.717, 1.165) is 24.2 Å². The zero-order valence-corrected chi connectivity index (χ0v) is 12.2. The summed E-state index contributed by atoms with van der Waals surface area (Å²) in [5.41, 5.74) is 2.35. The molecule has 3 rings (SSSR count). The number of pyridine rings is 1. The van der Waals surface area contributed by atoms with Crippen LogP contribution in [0.2, 0.25) is 0 Å². The molecule has 20 heavy (non-hydrogen) atoms. The maximum Gasteiger partial charge on any atom is 0.272 e. The summed E-state index contributed by atoms with van der Waals surface area (Å²) in [7, 11) is 1.93. The van der Waals surface area contributed by atoms with Crippen molar-refractivity contribution >= 4 is 11.6 Å². The number of nitrogens with zero attached hydrogens (tertiary/aromatic N) is 3. The van der Waals surface area contributed by atoms with Gasteiger partial charge in [0.1, 0.15) is 11.3 Å². The van der Waals surface area contributed by atoms with Crippen molar-refractivity contribution in [3.05, 3.63) is 35.8 Å². The second-order valence-corrected chi connectivity index (χ2v) is 5.68. The number of aryl methyl sites for hydroxylation is 1. The third-order valence-corrected chi connectivity index (χ3v) is 4.35. The predicted molar refractivity (Wildman–Crippen MR) is 78.9 cm³/mol. The standard InChI is InChI=1S/C16H21N3O/c1-12-15(19-11-7-6-10-14(19)17-12)16(20)18(2)13-8-4-3-5-9-13/h6-7,10-11,13H,3-5,8-9H2,1-2H3. The Morgan fingerprint density at radius 1 is 1.30 bits per heavy atom. The second kappa shape index (κ2) is 5.27. The summed E-state index contributed by atoms with van der Waals surface area (Å²) < 4.78 is 1.90. The molecular weight excluding hydrogens is 250 g/mol. The average Bonchev–Trinajstić information content (AvgIpc) is 2.82.